The van der Waals surface area contributed by atoms with Crippen molar-refractivity contribution in [2.75, 3.05) is 5.32 Å². The number of amides is 2. The smallest absolute Gasteiger partial charge is 0.270 e. The van der Waals surface area contributed by atoms with Crippen LogP contribution in [0.4, 0.5) is 14.5 Å². The summed E-state index contributed by atoms with van der Waals surface area (Å²) < 4.78 is 26.2. The third kappa shape index (κ3) is 4.69. The molecule has 3 rings (SSSR count). The average Bonchev–Trinajstić information content (AvgIpc) is 2.70. The number of hydrogen-bond acceptors (Lipinski definition) is 4. The number of aromatic nitrogens is 2. The fraction of sp³-hybridized carbons (Fsp3) is 0.0526. The number of nitrogens with zero attached hydrogens (tertiary/aromatic N) is 2. The van der Waals surface area contributed by atoms with Crippen LogP contribution in [0, 0.1) is 11.6 Å². The molecule has 0 unspecified atom stereocenters. The third-order valence-corrected chi connectivity index (χ3v) is 3.63. The Morgan fingerprint density at radius 2 is 1.67 bits per heavy atom. The van der Waals surface area contributed by atoms with Crippen LogP contribution in [0.1, 0.15) is 26.4 Å². The lowest BCUT2D eigenvalue weighted by atomic mass is 10.2. The van der Waals surface area contributed by atoms with Crippen molar-refractivity contribution in [3.63, 3.8) is 0 Å². The molecule has 0 bridgehead atoms. The maximum Gasteiger partial charge on any atom is 0.270 e. The molecule has 0 saturated heterocycles. The molecule has 8 heteroatoms. The van der Waals surface area contributed by atoms with Crippen LogP contribution in [0.5, 0.6) is 0 Å². The van der Waals surface area contributed by atoms with Crippen LogP contribution in [0.2, 0.25) is 0 Å². The lowest BCUT2D eigenvalue weighted by Gasteiger charge is -2.08. The Balaban J connectivity index is 1.67. The molecule has 0 aliphatic heterocycles. The molecule has 0 radical (unpaired) electrons. The van der Waals surface area contributed by atoms with Gasteiger partial charge < -0.3 is 10.6 Å². The Hall–Kier alpha value is -3.68. The fourth-order valence-electron chi connectivity index (χ4n) is 2.25. The molecule has 0 saturated carbocycles. The van der Waals surface area contributed by atoms with Crippen LogP contribution in [-0.2, 0) is 6.54 Å². The van der Waals surface area contributed by atoms with E-state index in [2.05, 4.69) is 20.6 Å². The van der Waals surface area contributed by atoms with Gasteiger partial charge in [-0.2, -0.15) is 0 Å². The van der Waals surface area contributed by atoms with Crippen LogP contribution in [-0.4, -0.2) is 21.8 Å². The standard InChI is InChI=1S/C19H14F2N4O2/c20-15-2-1-14(10-16(15)21)25-18(26)13-5-8-23-17(9-13)19(27)24-11-12-3-6-22-7-4-12/h1-10H,11H2,(H,24,27)(H,25,26). The van der Waals surface area contributed by atoms with Crippen molar-refractivity contribution in [2.24, 2.45) is 0 Å². The number of hydrogen-bond donors (Lipinski definition) is 2. The van der Waals surface area contributed by atoms with Crippen LogP contribution in [0.3, 0.4) is 0 Å². The predicted molar refractivity (Wildman–Crippen MR) is 94.0 cm³/mol. The lowest BCUT2D eigenvalue weighted by molar-refractivity contribution is 0.0946. The first-order chi connectivity index (χ1) is 13.0. The van der Waals surface area contributed by atoms with E-state index in [1.165, 1.54) is 24.4 Å². The molecule has 0 aliphatic carbocycles. The molecule has 6 nitrogen and oxygen atoms in total. The minimum atomic E-state index is -1.07. The van der Waals surface area contributed by atoms with Gasteiger partial charge in [0, 0.05) is 42.5 Å². The molecule has 0 fully saturated rings. The zero-order valence-electron chi connectivity index (χ0n) is 13.9. The van der Waals surface area contributed by atoms with Gasteiger partial charge in [-0.3, -0.25) is 19.6 Å². The maximum atomic E-state index is 13.2. The molecule has 2 aromatic heterocycles. The van der Waals surface area contributed by atoms with Gasteiger partial charge in [-0.05, 0) is 42.0 Å². The summed E-state index contributed by atoms with van der Waals surface area (Å²) in [6.45, 7) is 0.286. The summed E-state index contributed by atoms with van der Waals surface area (Å²) in [4.78, 5) is 32.3. The van der Waals surface area contributed by atoms with E-state index in [9.17, 15) is 18.4 Å². The summed E-state index contributed by atoms with van der Waals surface area (Å²) in [7, 11) is 0. The Labute approximate surface area is 153 Å². The SMILES string of the molecule is O=C(Nc1ccc(F)c(F)c1)c1ccnc(C(=O)NCc2ccncc2)c1. The van der Waals surface area contributed by atoms with Crippen LogP contribution in [0.25, 0.3) is 0 Å². The first-order valence-corrected chi connectivity index (χ1v) is 7.92. The van der Waals surface area contributed by atoms with Crippen molar-refractivity contribution < 1.29 is 18.4 Å². The summed E-state index contributed by atoms with van der Waals surface area (Å²) in [5.41, 5.74) is 1.18. The van der Waals surface area contributed by atoms with Gasteiger partial charge in [0.05, 0.1) is 0 Å². The van der Waals surface area contributed by atoms with Gasteiger partial charge in [-0.25, -0.2) is 8.78 Å². The monoisotopic (exact) mass is 368 g/mol. The van der Waals surface area contributed by atoms with E-state index in [-0.39, 0.29) is 23.5 Å². The number of carbonyl (C=O) groups is 2. The quantitative estimate of drug-likeness (QED) is 0.725. The van der Waals surface area contributed by atoms with Gasteiger partial charge in [0.15, 0.2) is 11.6 Å². The average molecular weight is 368 g/mol. The maximum absolute atomic E-state index is 13.2. The predicted octanol–water partition coefficient (Wildman–Crippen LogP) is 2.94. The minimum absolute atomic E-state index is 0.0574. The number of rotatable bonds is 5. The van der Waals surface area contributed by atoms with Gasteiger partial charge in [0.1, 0.15) is 5.69 Å². The molecule has 2 amide bonds. The van der Waals surface area contributed by atoms with E-state index in [0.29, 0.717) is 0 Å². The van der Waals surface area contributed by atoms with Crippen LogP contribution < -0.4 is 10.6 Å². The Kier molecular flexibility index (Phi) is 5.46. The van der Waals surface area contributed by atoms with Crippen molar-refractivity contribution in [1.29, 1.82) is 0 Å². The summed E-state index contributed by atoms with van der Waals surface area (Å²) in [5.74, 6) is -3.11. The molecule has 2 N–H and O–H groups in total. The summed E-state index contributed by atoms with van der Waals surface area (Å²) in [6.07, 6.45) is 4.55. The highest BCUT2D eigenvalue weighted by Gasteiger charge is 2.13. The normalized spacial score (nSPS) is 10.3. The molecule has 27 heavy (non-hydrogen) atoms. The highest BCUT2D eigenvalue weighted by molar-refractivity contribution is 6.05. The molecule has 1 aromatic carbocycles. The van der Waals surface area contributed by atoms with Crippen molar-refractivity contribution >= 4 is 17.5 Å². The second kappa shape index (κ2) is 8.13. The number of halogens is 2. The van der Waals surface area contributed by atoms with Crippen molar-refractivity contribution in [2.45, 2.75) is 6.54 Å². The molecule has 3 aromatic rings. The zero-order valence-corrected chi connectivity index (χ0v) is 13.9. The van der Waals surface area contributed by atoms with Gasteiger partial charge in [-0.15, -0.1) is 0 Å². The zero-order chi connectivity index (χ0) is 19.2. The molecule has 0 aliphatic rings. The Morgan fingerprint density at radius 3 is 2.41 bits per heavy atom. The molecule has 136 valence electrons. The Morgan fingerprint density at radius 1 is 0.889 bits per heavy atom. The van der Waals surface area contributed by atoms with Crippen molar-refractivity contribution in [3.05, 3.63) is 89.5 Å². The van der Waals surface area contributed by atoms with E-state index in [1.807, 2.05) is 0 Å². The largest absolute Gasteiger partial charge is 0.347 e. The molecule has 2 heterocycles. The van der Waals surface area contributed by atoms with Crippen LogP contribution >= 0.6 is 0 Å². The van der Waals surface area contributed by atoms with Crippen molar-refractivity contribution in [1.82, 2.24) is 15.3 Å². The summed E-state index contributed by atoms with van der Waals surface area (Å²) in [5, 5.41) is 5.13. The van der Waals surface area contributed by atoms with Gasteiger partial charge >= 0.3 is 0 Å². The van der Waals surface area contributed by atoms with E-state index in [0.717, 1.165) is 17.7 Å². The van der Waals surface area contributed by atoms with E-state index in [4.69, 9.17) is 0 Å². The minimum Gasteiger partial charge on any atom is -0.347 e. The van der Waals surface area contributed by atoms with E-state index < -0.39 is 23.4 Å². The van der Waals surface area contributed by atoms with Gasteiger partial charge in [-0.1, -0.05) is 0 Å². The second-order valence-electron chi connectivity index (χ2n) is 5.55. The summed E-state index contributed by atoms with van der Waals surface area (Å²) >= 11 is 0. The number of benzene rings is 1. The number of carbonyl (C=O) groups excluding carboxylic acids is 2. The molecular formula is C19H14F2N4O2. The second-order valence-corrected chi connectivity index (χ2v) is 5.55. The summed E-state index contributed by atoms with van der Waals surface area (Å²) in [6, 6.07) is 9.27. The van der Waals surface area contributed by atoms with E-state index >= 15 is 0 Å². The van der Waals surface area contributed by atoms with Gasteiger partial charge in [0.2, 0.25) is 0 Å². The highest BCUT2D eigenvalue weighted by Crippen LogP contribution is 2.14. The number of anilines is 1. The Bertz CT molecular complexity index is 980. The molecule has 0 spiro atoms. The number of pyridine rings is 2. The van der Waals surface area contributed by atoms with Gasteiger partial charge in [0.25, 0.3) is 11.8 Å². The lowest BCUT2D eigenvalue weighted by Crippen LogP contribution is -2.24. The van der Waals surface area contributed by atoms with Crippen molar-refractivity contribution in [3.8, 4) is 0 Å². The van der Waals surface area contributed by atoms with E-state index in [1.54, 1.807) is 24.5 Å². The topological polar surface area (TPSA) is 84.0 Å². The molecule has 0 atom stereocenters. The fourth-order valence-corrected chi connectivity index (χ4v) is 2.25. The van der Waals surface area contributed by atoms with Crippen LogP contribution in [0.15, 0.2) is 61.1 Å². The highest BCUT2D eigenvalue weighted by atomic mass is 19.2. The first kappa shape index (κ1) is 18.1. The third-order valence-electron chi connectivity index (χ3n) is 3.63. The molecular weight excluding hydrogens is 354 g/mol. The first-order valence-electron chi connectivity index (χ1n) is 7.92. The number of nitrogens with one attached hydrogen (secondary N) is 2.